The predicted molar refractivity (Wildman–Crippen MR) is 163 cm³/mol. The molecule has 1 amide bonds. The summed E-state index contributed by atoms with van der Waals surface area (Å²) in [4.78, 5) is 24.4. The third-order valence-corrected chi connectivity index (χ3v) is 6.66. The molecule has 5 aromatic rings. The van der Waals surface area contributed by atoms with E-state index in [1.54, 1.807) is 20.8 Å². The number of carbonyl (C=O) groups excluding carboxylic acids is 2. The third-order valence-electron chi connectivity index (χ3n) is 6.66. The van der Waals surface area contributed by atoms with Crippen LogP contribution in [0.5, 0.6) is 0 Å². The summed E-state index contributed by atoms with van der Waals surface area (Å²) in [6, 6.07) is 30.0. The van der Waals surface area contributed by atoms with Crippen LogP contribution in [0.3, 0.4) is 0 Å². The molecule has 5 rings (SSSR count). The molecular formula is C35H33NO5. The van der Waals surface area contributed by atoms with Crippen LogP contribution in [0.4, 0.5) is 4.79 Å². The fourth-order valence-corrected chi connectivity index (χ4v) is 4.81. The second-order valence-electron chi connectivity index (χ2n) is 10.8. The van der Waals surface area contributed by atoms with Gasteiger partial charge in [-0.15, -0.1) is 0 Å². The molecule has 1 unspecified atom stereocenters. The minimum atomic E-state index is -0.855. The summed E-state index contributed by atoms with van der Waals surface area (Å²) in [6.07, 6.45) is 3.36. The number of esters is 1. The van der Waals surface area contributed by atoms with Gasteiger partial charge in [-0.05, 0) is 67.6 Å². The van der Waals surface area contributed by atoms with E-state index in [9.17, 15) is 9.59 Å². The second-order valence-corrected chi connectivity index (χ2v) is 10.8. The normalized spacial score (nSPS) is 12.5. The summed E-state index contributed by atoms with van der Waals surface area (Å²) < 4.78 is 16.4. The van der Waals surface area contributed by atoms with Gasteiger partial charge in [0.05, 0.1) is 7.11 Å². The molecular weight excluding hydrogens is 514 g/mol. The van der Waals surface area contributed by atoms with Crippen LogP contribution in [-0.2, 0) is 14.3 Å². The number of nitrogens with one attached hydrogen (secondary N) is 1. The number of para-hydroxylation sites is 2. The number of carbonyl (C=O) groups is 2. The number of alkyl carbamates (subject to hydrolysis) is 1. The average molecular weight is 548 g/mol. The van der Waals surface area contributed by atoms with Crippen LogP contribution in [0.25, 0.3) is 50.3 Å². The first kappa shape index (κ1) is 27.7. The summed E-state index contributed by atoms with van der Waals surface area (Å²) in [5.41, 5.74) is 6.30. The van der Waals surface area contributed by atoms with Gasteiger partial charge in [0.25, 0.3) is 0 Å². The lowest BCUT2D eigenvalue weighted by Gasteiger charge is -2.22. The van der Waals surface area contributed by atoms with Crippen molar-refractivity contribution in [2.24, 2.45) is 0 Å². The summed E-state index contributed by atoms with van der Waals surface area (Å²) in [6.45, 7) is 5.30. The van der Waals surface area contributed by atoms with Crippen LogP contribution in [0, 0.1) is 0 Å². The van der Waals surface area contributed by atoms with Gasteiger partial charge in [-0.1, -0.05) is 84.9 Å². The molecule has 6 nitrogen and oxygen atoms in total. The molecule has 1 aromatic heterocycles. The van der Waals surface area contributed by atoms with Gasteiger partial charge < -0.3 is 19.2 Å². The largest absolute Gasteiger partial charge is 0.467 e. The molecule has 0 saturated heterocycles. The van der Waals surface area contributed by atoms with Gasteiger partial charge in [-0.3, -0.25) is 0 Å². The maximum Gasteiger partial charge on any atom is 0.408 e. The zero-order chi connectivity index (χ0) is 29.0. The Labute approximate surface area is 239 Å². The van der Waals surface area contributed by atoms with E-state index < -0.39 is 23.7 Å². The SMILES string of the molecule is COC(=O)C(C/C=C/c1cccc(-c2cccc(-c3cccc4c3oc3ccccc34)c2)c1)NC(=O)OC(C)(C)C. The molecule has 1 atom stereocenters. The molecule has 4 aromatic carbocycles. The van der Waals surface area contributed by atoms with Gasteiger partial charge in [-0.2, -0.15) is 0 Å². The van der Waals surface area contributed by atoms with E-state index in [2.05, 4.69) is 66.0 Å². The molecule has 0 spiro atoms. The maximum atomic E-state index is 12.2. The highest BCUT2D eigenvalue weighted by Gasteiger charge is 2.24. The van der Waals surface area contributed by atoms with E-state index in [0.29, 0.717) is 0 Å². The summed E-state index contributed by atoms with van der Waals surface area (Å²) in [7, 11) is 1.29. The summed E-state index contributed by atoms with van der Waals surface area (Å²) >= 11 is 0. The molecule has 0 aliphatic heterocycles. The Morgan fingerprint density at radius 2 is 1.54 bits per heavy atom. The molecule has 0 aliphatic carbocycles. The topological polar surface area (TPSA) is 77.8 Å². The number of methoxy groups -OCH3 is 1. The van der Waals surface area contributed by atoms with Crippen molar-refractivity contribution in [3.63, 3.8) is 0 Å². The number of fused-ring (bicyclic) bond motifs is 3. The van der Waals surface area contributed by atoms with Gasteiger partial charge in [0.15, 0.2) is 0 Å². The van der Waals surface area contributed by atoms with Gasteiger partial charge in [0.1, 0.15) is 22.8 Å². The Bertz CT molecular complexity index is 1740. The number of hydrogen-bond donors (Lipinski definition) is 1. The summed E-state index contributed by atoms with van der Waals surface area (Å²) in [5, 5.41) is 4.80. The van der Waals surface area contributed by atoms with Gasteiger partial charge >= 0.3 is 12.1 Å². The number of hydrogen-bond acceptors (Lipinski definition) is 5. The highest BCUT2D eigenvalue weighted by atomic mass is 16.6. The van der Waals surface area contributed by atoms with Crippen LogP contribution in [0.1, 0.15) is 32.8 Å². The molecule has 0 saturated carbocycles. The van der Waals surface area contributed by atoms with Gasteiger partial charge in [-0.25, -0.2) is 9.59 Å². The van der Waals surface area contributed by atoms with E-state index in [4.69, 9.17) is 13.9 Å². The van der Waals surface area contributed by atoms with Crippen molar-refractivity contribution in [1.82, 2.24) is 5.32 Å². The first-order valence-corrected chi connectivity index (χ1v) is 13.6. The van der Waals surface area contributed by atoms with Crippen molar-refractivity contribution in [2.45, 2.75) is 38.8 Å². The zero-order valence-corrected chi connectivity index (χ0v) is 23.6. The van der Waals surface area contributed by atoms with E-state index in [1.807, 2.05) is 42.5 Å². The van der Waals surface area contributed by atoms with Crippen molar-refractivity contribution >= 4 is 40.1 Å². The molecule has 0 radical (unpaired) electrons. The average Bonchev–Trinajstić information content (AvgIpc) is 3.34. The minimum absolute atomic E-state index is 0.257. The van der Waals surface area contributed by atoms with Crippen LogP contribution in [0.15, 0.2) is 101 Å². The number of ether oxygens (including phenoxy) is 2. The number of amides is 1. The Hall–Kier alpha value is -4.84. The molecule has 0 bridgehead atoms. The molecule has 6 heteroatoms. The lowest BCUT2D eigenvalue weighted by molar-refractivity contribution is -0.143. The van der Waals surface area contributed by atoms with Crippen LogP contribution in [0.2, 0.25) is 0 Å². The van der Waals surface area contributed by atoms with Crippen molar-refractivity contribution in [3.8, 4) is 22.3 Å². The standard InChI is InChI=1S/C35H33NO5/c1-35(2,3)41-34(38)36-30(33(37)39-4)19-8-12-23-11-7-13-24(21-23)25-14-9-15-26(22-25)27-17-10-18-29-28-16-5-6-20-31(28)40-32(27)29/h5-18,20-22,30H,19H2,1-4H3,(H,36,38)/b12-8+. The Kier molecular flexibility index (Phi) is 7.92. The lowest BCUT2D eigenvalue weighted by Crippen LogP contribution is -2.43. The number of furan rings is 1. The number of rotatable bonds is 7. The van der Waals surface area contributed by atoms with Crippen molar-refractivity contribution < 1.29 is 23.5 Å². The van der Waals surface area contributed by atoms with Crippen molar-refractivity contribution in [3.05, 3.63) is 103 Å². The van der Waals surface area contributed by atoms with E-state index >= 15 is 0 Å². The van der Waals surface area contributed by atoms with E-state index in [1.165, 1.54) is 7.11 Å². The second kappa shape index (κ2) is 11.7. The fourth-order valence-electron chi connectivity index (χ4n) is 4.81. The van der Waals surface area contributed by atoms with Gasteiger partial charge in [0.2, 0.25) is 0 Å². The van der Waals surface area contributed by atoms with Crippen LogP contribution >= 0.6 is 0 Å². The minimum Gasteiger partial charge on any atom is -0.467 e. The molecule has 0 fully saturated rings. The Morgan fingerprint density at radius 3 is 2.32 bits per heavy atom. The molecule has 1 heterocycles. The third kappa shape index (κ3) is 6.49. The molecule has 208 valence electrons. The Balaban J connectivity index is 1.36. The van der Waals surface area contributed by atoms with Crippen LogP contribution in [-0.4, -0.2) is 30.8 Å². The Morgan fingerprint density at radius 1 is 0.854 bits per heavy atom. The van der Waals surface area contributed by atoms with E-state index in [-0.39, 0.29) is 6.42 Å². The first-order chi connectivity index (χ1) is 19.7. The smallest absolute Gasteiger partial charge is 0.408 e. The first-order valence-electron chi connectivity index (χ1n) is 13.6. The van der Waals surface area contributed by atoms with Crippen LogP contribution < -0.4 is 5.32 Å². The monoisotopic (exact) mass is 547 g/mol. The van der Waals surface area contributed by atoms with E-state index in [0.717, 1.165) is 49.8 Å². The highest BCUT2D eigenvalue weighted by Crippen LogP contribution is 2.36. The highest BCUT2D eigenvalue weighted by molar-refractivity contribution is 6.09. The number of benzene rings is 4. The maximum absolute atomic E-state index is 12.2. The predicted octanol–water partition coefficient (Wildman–Crippen LogP) is 8.39. The quantitative estimate of drug-likeness (QED) is 0.207. The lowest BCUT2D eigenvalue weighted by atomic mass is 9.97. The summed E-state index contributed by atoms with van der Waals surface area (Å²) in [5.74, 6) is -0.537. The van der Waals surface area contributed by atoms with Crippen molar-refractivity contribution in [1.29, 1.82) is 0 Å². The fraction of sp³-hybridized carbons (Fsp3) is 0.200. The molecule has 1 N–H and O–H groups in total. The zero-order valence-electron chi connectivity index (χ0n) is 23.6. The molecule has 0 aliphatic rings. The van der Waals surface area contributed by atoms with Gasteiger partial charge in [0, 0.05) is 16.3 Å². The molecule has 41 heavy (non-hydrogen) atoms. The van der Waals surface area contributed by atoms with Crippen molar-refractivity contribution in [2.75, 3.05) is 7.11 Å².